The number of ether oxygens (including phenoxy) is 1. The molecule has 0 amide bonds. The molecule has 0 saturated carbocycles. The molecule has 2 nitrogen and oxygen atoms in total. The summed E-state index contributed by atoms with van der Waals surface area (Å²) in [6.45, 7) is 2.85. The van der Waals surface area contributed by atoms with E-state index in [0.29, 0.717) is 19.6 Å². The monoisotopic (exact) mass is 248 g/mol. The standard InChI is InChI=1S/C12H15F3O2/c1-2-17-7-3-4-10(16)8-5-6-9(13)12(15)11(8)14/h5-6,10,16H,2-4,7H2,1H3. The summed E-state index contributed by atoms with van der Waals surface area (Å²) in [5.74, 6) is -4.13. The van der Waals surface area contributed by atoms with Crippen LogP contribution in [0.1, 0.15) is 31.4 Å². The molecular weight excluding hydrogens is 233 g/mol. The molecule has 17 heavy (non-hydrogen) atoms. The molecule has 1 unspecified atom stereocenters. The molecule has 0 spiro atoms. The van der Waals surface area contributed by atoms with E-state index in [4.69, 9.17) is 4.74 Å². The first-order chi connectivity index (χ1) is 8.07. The van der Waals surface area contributed by atoms with Crippen LogP contribution < -0.4 is 0 Å². The molecular formula is C12H15F3O2. The first-order valence-corrected chi connectivity index (χ1v) is 5.47. The second-order valence-electron chi connectivity index (χ2n) is 3.62. The highest BCUT2D eigenvalue weighted by atomic mass is 19.2. The molecule has 1 rings (SSSR count). The summed E-state index contributed by atoms with van der Waals surface area (Å²) in [4.78, 5) is 0. The Hall–Kier alpha value is -1.07. The van der Waals surface area contributed by atoms with Crippen LogP contribution in [-0.2, 0) is 4.74 Å². The van der Waals surface area contributed by atoms with E-state index in [-0.39, 0.29) is 12.0 Å². The van der Waals surface area contributed by atoms with Gasteiger partial charge in [0.15, 0.2) is 17.5 Å². The summed E-state index contributed by atoms with van der Waals surface area (Å²) in [7, 11) is 0. The molecule has 0 heterocycles. The average molecular weight is 248 g/mol. The lowest BCUT2D eigenvalue weighted by atomic mass is 10.0. The average Bonchev–Trinajstić information content (AvgIpc) is 2.31. The molecule has 0 bridgehead atoms. The molecule has 0 aliphatic carbocycles. The smallest absolute Gasteiger partial charge is 0.194 e. The molecule has 0 aliphatic rings. The Balaban J connectivity index is 2.63. The maximum Gasteiger partial charge on any atom is 0.194 e. The van der Waals surface area contributed by atoms with E-state index in [9.17, 15) is 18.3 Å². The predicted molar refractivity (Wildman–Crippen MR) is 57.0 cm³/mol. The minimum absolute atomic E-state index is 0.222. The first-order valence-electron chi connectivity index (χ1n) is 5.47. The van der Waals surface area contributed by atoms with Crippen LogP contribution in [0.3, 0.4) is 0 Å². The van der Waals surface area contributed by atoms with Gasteiger partial charge < -0.3 is 9.84 Å². The van der Waals surface area contributed by atoms with Crippen LogP contribution in [0.5, 0.6) is 0 Å². The van der Waals surface area contributed by atoms with Gasteiger partial charge in [0, 0.05) is 18.8 Å². The molecule has 0 aliphatic heterocycles. The quantitative estimate of drug-likeness (QED) is 0.619. The van der Waals surface area contributed by atoms with Crippen molar-refractivity contribution in [2.75, 3.05) is 13.2 Å². The minimum atomic E-state index is -1.55. The number of benzene rings is 1. The summed E-state index contributed by atoms with van der Waals surface area (Å²) >= 11 is 0. The fourth-order valence-corrected chi connectivity index (χ4v) is 1.48. The SMILES string of the molecule is CCOCCCC(O)c1ccc(F)c(F)c1F. The molecule has 0 fully saturated rings. The van der Waals surface area contributed by atoms with Crippen LogP contribution >= 0.6 is 0 Å². The van der Waals surface area contributed by atoms with Crippen molar-refractivity contribution >= 4 is 0 Å². The number of aliphatic hydroxyl groups excluding tert-OH is 1. The number of aliphatic hydroxyl groups is 1. The Morgan fingerprint density at radius 2 is 1.94 bits per heavy atom. The maximum atomic E-state index is 13.3. The van der Waals surface area contributed by atoms with Crippen LogP contribution in [0, 0.1) is 17.5 Å². The summed E-state index contributed by atoms with van der Waals surface area (Å²) in [6, 6.07) is 1.86. The van der Waals surface area contributed by atoms with Crippen molar-refractivity contribution in [2.45, 2.75) is 25.9 Å². The van der Waals surface area contributed by atoms with Crippen molar-refractivity contribution in [3.8, 4) is 0 Å². The topological polar surface area (TPSA) is 29.5 Å². The zero-order valence-electron chi connectivity index (χ0n) is 9.55. The van der Waals surface area contributed by atoms with Crippen LogP contribution in [0.15, 0.2) is 12.1 Å². The van der Waals surface area contributed by atoms with E-state index in [0.717, 1.165) is 12.1 Å². The van der Waals surface area contributed by atoms with Crippen molar-refractivity contribution in [1.29, 1.82) is 0 Å². The van der Waals surface area contributed by atoms with Crippen molar-refractivity contribution in [3.63, 3.8) is 0 Å². The highest BCUT2D eigenvalue weighted by Crippen LogP contribution is 2.24. The molecule has 0 radical (unpaired) electrons. The van der Waals surface area contributed by atoms with Gasteiger partial charge in [-0.05, 0) is 25.8 Å². The number of halogens is 3. The first kappa shape index (κ1) is 14.0. The van der Waals surface area contributed by atoms with Crippen LogP contribution in [0.25, 0.3) is 0 Å². The Morgan fingerprint density at radius 1 is 1.24 bits per heavy atom. The lowest BCUT2D eigenvalue weighted by Gasteiger charge is -2.12. The maximum absolute atomic E-state index is 13.3. The second-order valence-corrected chi connectivity index (χ2v) is 3.62. The minimum Gasteiger partial charge on any atom is -0.388 e. The molecule has 1 N–H and O–H groups in total. The highest BCUT2D eigenvalue weighted by Gasteiger charge is 2.18. The van der Waals surface area contributed by atoms with E-state index < -0.39 is 23.6 Å². The molecule has 1 aromatic rings. The van der Waals surface area contributed by atoms with Gasteiger partial charge in [0.2, 0.25) is 0 Å². The molecule has 0 saturated heterocycles. The van der Waals surface area contributed by atoms with Gasteiger partial charge in [-0.3, -0.25) is 0 Å². The number of hydrogen-bond donors (Lipinski definition) is 1. The van der Waals surface area contributed by atoms with Crippen molar-refractivity contribution < 1.29 is 23.0 Å². The molecule has 5 heteroatoms. The Bertz CT molecular complexity index is 369. The Labute approximate surface area is 98.0 Å². The van der Waals surface area contributed by atoms with E-state index in [1.807, 2.05) is 6.92 Å². The Kier molecular flexibility index (Phi) is 5.44. The van der Waals surface area contributed by atoms with Gasteiger partial charge in [-0.1, -0.05) is 6.07 Å². The Morgan fingerprint density at radius 3 is 2.59 bits per heavy atom. The summed E-state index contributed by atoms with van der Waals surface area (Å²) in [5, 5.41) is 9.63. The van der Waals surface area contributed by atoms with Gasteiger partial charge in [0.25, 0.3) is 0 Å². The molecule has 96 valence electrons. The van der Waals surface area contributed by atoms with Crippen LogP contribution in [0.2, 0.25) is 0 Å². The normalized spacial score (nSPS) is 12.8. The lowest BCUT2D eigenvalue weighted by Crippen LogP contribution is -2.06. The van der Waals surface area contributed by atoms with Gasteiger partial charge >= 0.3 is 0 Å². The molecule has 1 atom stereocenters. The van der Waals surface area contributed by atoms with Gasteiger partial charge in [0.05, 0.1) is 6.10 Å². The van der Waals surface area contributed by atoms with Crippen molar-refractivity contribution in [3.05, 3.63) is 35.1 Å². The third-order valence-corrected chi connectivity index (χ3v) is 2.39. The van der Waals surface area contributed by atoms with E-state index in [2.05, 4.69) is 0 Å². The van der Waals surface area contributed by atoms with Gasteiger partial charge in [-0.2, -0.15) is 0 Å². The van der Waals surface area contributed by atoms with E-state index in [1.54, 1.807) is 0 Å². The molecule has 0 aromatic heterocycles. The van der Waals surface area contributed by atoms with Gasteiger partial charge in [-0.25, -0.2) is 13.2 Å². The van der Waals surface area contributed by atoms with Gasteiger partial charge in [-0.15, -0.1) is 0 Å². The van der Waals surface area contributed by atoms with Crippen molar-refractivity contribution in [2.24, 2.45) is 0 Å². The zero-order chi connectivity index (χ0) is 12.8. The summed E-state index contributed by atoms with van der Waals surface area (Å²) < 4.78 is 43.9. The van der Waals surface area contributed by atoms with Crippen molar-refractivity contribution in [1.82, 2.24) is 0 Å². The third-order valence-electron chi connectivity index (χ3n) is 2.39. The van der Waals surface area contributed by atoms with Gasteiger partial charge in [0.1, 0.15) is 0 Å². The number of hydrogen-bond acceptors (Lipinski definition) is 2. The summed E-state index contributed by atoms with van der Waals surface area (Å²) in [6.07, 6.45) is -0.388. The fraction of sp³-hybridized carbons (Fsp3) is 0.500. The molecule has 1 aromatic carbocycles. The van der Waals surface area contributed by atoms with E-state index in [1.165, 1.54) is 0 Å². The lowest BCUT2D eigenvalue weighted by molar-refractivity contribution is 0.112. The fourth-order valence-electron chi connectivity index (χ4n) is 1.48. The number of rotatable bonds is 6. The van der Waals surface area contributed by atoms with E-state index >= 15 is 0 Å². The predicted octanol–water partition coefficient (Wildman–Crippen LogP) is 2.95. The third kappa shape index (κ3) is 3.71. The van der Waals surface area contributed by atoms with Crippen LogP contribution in [0.4, 0.5) is 13.2 Å². The highest BCUT2D eigenvalue weighted by molar-refractivity contribution is 5.22. The zero-order valence-corrected chi connectivity index (χ0v) is 9.55. The largest absolute Gasteiger partial charge is 0.388 e. The summed E-state index contributed by atoms with van der Waals surface area (Å²) in [5.41, 5.74) is -0.222. The second kappa shape index (κ2) is 6.61. The van der Waals surface area contributed by atoms with Crippen LogP contribution in [-0.4, -0.2) is 18.3 Å².